The minimum absolute atomic E-state index is 0.0804. The highest BCUT2D eigenvalue weighted by Gasteiger charge is 2.18. The van der Waals surface area contributed by atoms with E-state index in [0.29, 0.717) is 25.9 Å². The highest BCUT2D eigenvalue weighted by atomic mass is 16.5. The molecule has 144 valence electrons. The van der Waals surface area contributed by atoms with Crippen LogP contribution in [0.5, 0.6) is 0 Å². The average molecular weight is 366 g/mol. The van der Waals surface area contributed by atoms with E-state index in [0.717, 1.165) is 38.5 Å². The number of ether oxygens (including phenoxy) is 1. The van der Waals surface area contributed by atoms with Crippen molar-refractivity contribution < 1.29 is 29.0 Å². The molecule has 0 fully saturated rings. The third-order valence-electron chi connectivity index (χ3n) is 3.65. The molecule has 0 aliphatic carbocycles. The lowest BCUT2D eigenvalue weighted by molar-refractivity contribution is -0.147. The molecule has 0 saturated heterocycles. The molecule has 0 atom stereocenters. The number of nitrogens with zero attached hydrogens (tertiary/aromatic N) is 2. The third kappa shape index (κ3) is 13.8. The molecule has 0 aromatic heterocycles. The van der Waals surface area contributed by atoms with Crippen LogP contribution in [0.4, 0.5) is 0 Å². The summed E-state index contributed by atoms with van der Waals surface area (Å²) in [5.41, 5.74) is -0.0804. The van der Waals surface area contributed by atoms with Crippen molar-refractivity contribution in [3.05, 3.63) is 12.2 Å². The van der Waals surface area contributed by atoms with Gasteiger partial charge in [-0.15, -0.1) is 0 Å². The normalized spacial score (nSPS) is 10.9. The lowest BCUT2D eigenvalue weighted by Gasteiger charge is -2.18. The maximum absolute atomic E-state index is 11.9. The number of aliphatic imine (C=N–C) groups is 2. The predicted molar refractivity (Wildman–Crippen MR) is 94.2 cm³/mol. The Bertz CT molecular complexity index is 520. The molecule has 0 aromatic rings. The van der Waals surface area contributed by atoms with Gasteiger partial charge in [0.1, 0.15) is 6.10 Å². The Balaban J connectivity index is 4.34. The molecule has 0 amide bonds. The van der Waals surface area contributed by atoms with Crippen LogP contribution in [0.1, 0.15) is 57.8 Å². The summed E-state index contributed by atoms with van der Waals surface area (Å²) in [5.74, 6) is -1.82. The predicted octanol–water partition coefficient (Wildman–Crippen LogP) is 2.72. The summed E-state index contributed by atoms with van der Waals surface area (Å²) in [6.07, 6.45) is 8.27. The van der Waals surface area contributed by atoms with Gasteiger partial charge in [0.25, 0.3) is 0 Å². The number of carboxylic acid groups (broad SMARTS) is 1. The van der Waals surface area contributed by atoms with Crippen LogP contribution >= 0.6 is 0 Å². The maximum atomic E-state index is 11.9. The topological polar surface area (TPSA) is 122 Å². The van der Waals surface area contributed by atoms with Crippen molar-refractivity contribution in [3.8, 4) is 0 Å². The zero-order valence-corrected chi connectivity index (χ0v) is 14.9. The van der Waals surface area contributed by atoms with Gasteiger partial charge >= 0.3 is 11.9 Å². The molecule has 0 aliphatic heterocycles. The molecule has 0 bridgehead atoms. The van der Waals surface area contributed by atoms with Crippen LogP contribution < -0.4 is 0 Å². The second-order valence-electron chi connectivity index (χ2n) is 5.85. The van der Waals surface area contributed by atoms with E-state index in [1.807, 2.05) is 0 Å². The van der Waals surface area contributed by atoms with Crippen molar-refractivity contribution in [2.75, 3.05) is 13.1 Å². The Morgan fingerprint density at radius 2 is 1.42 bits per heavy atom. The molecule has 0 rings (SSSR count). The zero-order chi connectivity index (χ0) is 19.6. The summed E-state index contributed by atoms with van der Waals surface area (Å²) < 4.78 is 5.40. The molecule has 1 N–H and O–H groups in total. The van der Waals surface area contributed by atoms with Crippen molar-refractivity contribution in [3.63, 3.8) is 0 Å². The summed E-state index contributed by atoms with van der Waals surface area (Å²) in [4.78, 5) is 49.5. The van der Waals surface area contributed by atoms with Gasteiger partial charge in [0.05, 0.1) is 19.5 Å². The number of aliphatic carboxylic acids is 1. The van der Waals surface area contributed by atoms with Gasteiger partial charge in [0.15, 0.2) is 0 Å². The Hall–Kier alpha value is -2.56. The lowest BCUT2D eigenvalue weighted by atomic mass is 10.0. The standard InChI is InChI=1S/C18H26N2O6/c1-15(12-17(23)24)18(25)26-16(8-4-2-6-10-19-13-21)9-5-3-7-11-20-14-22/h16H,1-12H2,(H,23,24). The first kappa shape index (κ1) is 23.4. The van der Waals surface area contributed by atoms with Crippen LogP contribution in [-0.2, 0) is 23.9 Å². The highest BCUT2D eigenvalue weighted by molar-refractivity contribution is 5.92. The van der Waals surface area contributed by atoms with Crippen LogP contribution in [0.25, 0.3) is 0 Å². The largest absolute Gasteiger partial charge is 0.481 e. The van der Waals surface area contributed by atoms with Crippen molar-refractivity contribution in [1.29, 1.82) is 0 Å². The number of carboxylic acids is 1. The summed E-state index contributed by atoms with van der Waals surface area (Å²) in [6, 6.07) is 0. The minimum Gasteiger partial charge on any atom is -0.481 e. The first-order valence-electron chi connectivity index (χ1n) is 8.69. The molecule has 0 aliphatic rings. The van der Waals surface area contributed by atoms with E-state index in [1.54, 1.807) is 0 Å². The van der Waals surface area contributed by atoms with Crippen molar-refractivity contribution >= 4 is 24.1 Å². The lowest BCUT2D eigenvalue weighted by Crippen LogP contribution is -2.20. The van der Waals surface area contributed by atoms with Gasteiger partial charge < -0.3 is 9.84 Å². The molecule has 0 spiro atoms. The van der Waals surface area contributed by atoms with Gasteiger partial charge in [-0.3, -0.25) is 4.79 Å². The van der Waals surface area contributed by atoms with Crippen molar-refractivity contribution in [1.82, 2.24) is 0 Å². The van der Waals surface area contributed by atoms with Gasteiger partial charge in [-0.05, 0) is 38.5 Å². The van der Waals surface area contributed by atoms with E-state index >= 15 is 0 Å². The summed E-state index contributed by atoms with van der Waals surface area (Å²) >= 11 is 0. The Kier molecular flexibility index (Phi) is 14.4. The van der Waals surface area contributed by atoms with Crippen LogP contribution in [0, 0.1) is 0 Å². The molecule has 0 radical (unpaired) electrons. The van der Waals surface area contributed by atoms with Crippen LogP contribution in [0.15, 0.2) is 22.1 Å². The van der Waals surface area contributed by atoms with Gasteiger partial charge in [0.2, 0.25) is 12.2 Å². The average Bonchev–Trinajstić information content (AvgIpc) is 2.59. The Labute approximate surface area is 153 Å². The second-order valence-corrected chi connectivity index (χ2v) is 5.85. The van der Waals surface area contributed by atoms with Crippen LogP contribution in [0.3, 0.4) is 0 Å². The number of esters is 1. The molecule has 8 nitrogen and oxygen atoms in total. The number of rotatable bonds is 16. The third-order valence-corrected chi connectivity index (χ3v) is 3.65. The molecule has 26 heavy (non-hydrogen) atoms. The molecular weight excluding hydrogens is 340 g/mol. The molecule has 0 aromatic carbocycles. The fourth-order valence-electron chi connectivity index (χ4n) is 2.32. The number of unbranched alkanes of at least 4 members (excludes halogenated alkanes) is 4. The number of carbonyl (C=O) groups excluding carboxylic acids is 3. The Morgan fingerprint density at radius 1 is 0.923 bits per heavy atom. The fraction of sp³-hybridized carbons (Fsp3) is 0.667. The van der Waals surface area contributed by atoms with Crippen molar-refractivity contribution in [2.24, 2.45) is 9.98 Å². The number of hydrogen-bond donors (Lipinski definition) is 1. The monoisotopic (exact) mass is 366 g/mol. The Morgan fingerprint density at radius 3 is 1.85 bits per heavy atom. The van der Waals surface area contributed by atoms with Gasteiger partial charge in [-0.1, -0.05) is 19.4 Å². The number of hydrogen-bond acceptors (Lipinski definition) is 7. The summed E-state index contributed by atoms with van der Waals surface area (Å²) in [7, 11) is 0. The smallest absolute Gasteiger partial charge is 0.334 e. The van der Waals surface area contributed by atoms with Crippen LogP contribution in [0.2, 0.25) is 0 Å². The first-order chi connectivity index (χ1) is 12.5. The van der Waals surface area contributed by atoms with E-state index in [2.05, 4.69) is 16.6 Å². The maximum Gasteiger partial charge on any atom is 0.334 e. The first-order valence-corrected chi connectivity index (χ1v) is 8.69. The molecular formula is C18H26N2O6. The van der Waals surface area contributed by atoms with Gasteiger partial charge in [-0.2, -0.15) is 0 Å². The molecule has 0 unspecified atom stereocenters. The number of carbonyl (C=O) groups is 2. The second kappa shape index (κ2) is 15.9. The molecule has 8 heteroatoms. The van der Waals surface area contributed by atoms with E-state index in [-0.39, 0.29) is 11.7 Å². The van der Waals surface area contributed by atoms with Crippen molar-refractivity contribution in [2.45, 2.75) is 63.9 Å². The van der Waals surface area contributed by atoms with Gasteiger partial charge in [0, 0.05) is 5.57 Å². The highest BCUT2D eigenvalue weighted by Crippen LogP contribution is 2.16. The van der Waals surface area contributed by atoms with E-state index in [1.165, 1.54) is 12.2 Å². The van der Waals surface area contributed by atoms with Gasteiger partial charge in [-0.25, -0.2) is 24.4 Å². The van der Waals surface area contributed by atoms with Crippen LogP contribution in [-0.4, -0.2) is 48.4 Å². The SMILES string of the molecule is C=C(CC(=O)O)C(=O)OC(CCCCCN=C=O)CCCCCN=C=O. The zero-order valence-electron chi connectivity index (χ0n) is 14.9. The molecule has 0 heterocycles. The fourth-order valence-corrected chi connectivity index (χ4v) is 2.32. The summed E-state index contributed by atoms with van der Waals surface area (Å²) in [5, 5.41) is 8.71. The molecule has 0 saturated carbocycles. The van der Waals surface area contributed by atoms with E-state index in [9.17, 15) is 19.2 Å². The minimum atomic E-state index is -1.13. The number of isocyanates is 2. The summed E-state index contributed by atoms with van der Waals surface area (Å²) in [6.45, 7) is 4.32. The van der Waals surface area contributed by atoms with E-state index in [4.69, 9.17) is 9.84 Å². The van der Waals surface area contributed by atoms with E-state index < -0.39 is 18.4 Å². The quantitative estimate of drug-likeness (QED) is 0.147.